The molecule has 0 radical (unpaired) electrons. The van der Waals surface area contributed by atoms with Crippen LogP contribution in [0.4, 0.5) is 0 Å². The van der Waals surface area contributed by atoms with E-state index >= 15 is 0 Å². The maximum atomic E-state index is 9.71. The van der Waals surface area contributed by atoms with Gasteiger partial charge in [-0.15, -0.1) is 0 Å². The Hall–Kier alpha value is -0.250. The summed E-state index contributed by atoms with van der Waals surface area (Å²) in [5.41, 5.74) is 0. The van der Waals surface area contributed by atoms with E-state index in [1.54, 1.807) is 0 Å². The van der Waals surface area contributed by atoms with Crippen molar-refractivity contribution in [3.63, 3.8) is 0 Å². The van der Waals surface area contributed by atoms with Gasteiger partial charge in [0.15, 0.2) is 0 Å². The molecule has 184 valence electrons. The zero-order valence-electron chi connectivity index (χ0n) is 19.8. The predicted molar refractivity (Wildman–Crippen MR) is 122 cm³/mol. The minimum Gasteiger partial charge on any atom is -0.264 e. The third-order valence-electron chi connectivity index (χ3n) is 5.65. The van der Waals surface area contributed by atoms with E-state index in [4.69, 9.17) is 17.5 Å². The number of hydrogen-bond acceptors (Lipinski definition) is 4. The molecule has 0 aromatic rings. The molecular formula is C22H50NO6S+. The molecule has 0 aromatic carbocycles. The van der Waals surface area contributed by atoms with Crippen LogP contribution in [-0.2, 0) is 10.4 Å². The molecule has 0 amide bonds. The highest BCUT2D eigenvalue weighted by Crippen LogP contribution is 2.16. The summed E-state index contributed by atoms with van der Waals surface area (Å²) < 4.78 is 31.6. The number of nitrogens with zero attached hydrogens (tertiary/aromatic N) is 1. The summed E-state index contributed by atoms with van der Waals surface area (Å²) in [4.78, 5) is -0.821. The first-order valence-corrected chi connectivity index (χ1v) is 13.5. The molecule has 0 saturated heterocycles. The van der Waals surface area contributed by atoms with Gasteiger partial charge in [0, 0.05) is 6.42 Å². The maximum absolute atomic E-state index is 9.71. The number of quaternary nitrogens is 1. The van der Waals surface area contributed by atoms with Gasteiger partial charge in [0.2, 0.25) is 0 Å². The molecule has 0 aliphatic heterocycles. The number of rotatable bonds is 19. The Balaban J connectivity index is 0. The molecule has 0 saturated carbocycles. The molecule has 1 unspecified atom stereocenters. The Labute approximate surface area is 186 Å². The average molecular weight is 457 g/mol. The summed E-state index contributed by atoms with van der Waals surface area (Å²) >= 11 is 0. The Morgan fingerprint density at radius 3 is 1.17 bits per heavy atom. The van der Waals surface area contributed by atoms with Crippen molar-refractivity contribution in [1.29, 1.82) is 0 Å². The maximum Gasteiger partial charge on any atom is 0.394 e. The first kappa shape index (κ1) is 31.9. The fourth-order valence-corrected chi connectivity index (χ4v) is 3.51. The monoisotopic (exact) mass is 456 g/mol. The van der Waals surface area contributed by atoms with Gasteiger partial charge in [-0.1, -0.05) is 103 Å². The molecule has 0 aliphatic rings. The van der Waals surface area contributed by atoms with Crippen LogP contribution in [0.2, 0.25) is 0 Å². The van der Waals surface area contributed by atoms with Gasteiger partial charge >= 0.3 is 10.4 Å². The Morgan fingerprint density at radius 1 is 0.633 bits per heavy atom. The molecule has 0 fully saturated rings. The van der Waals surface area contributed by atoms with Crippen molar-refractivity contribution in [2.75, 3.05) is 6.54 Å². The van der Waals surface area contributed by atoms with E-state index in [2.05, 4.69) is 6.92 Å². The minimum absolute atomic E-state index is 0.0726. The smallest absolute Gasteiger partial charge is 0.264 e. The van der Waals surface area contributed by atoms with Crippen LogP contribution >= 0.6 is 0 Å². The van der Waals surface area contributed by atoms with Gasteiger partial charge in [0.1, 0.15) is 12.6 Å². The Morgan fingerprint density at radius 2 is 0.900 bits per heavy atom. The molecule has 0 spiro atoms. The quantitative estimate of drug-likeness (QED) is 0.0720. The van der Waals surface area contributed by atoms with Crippen LogP contribution in [0.5, 0.6) is 0 Å². The second-order valence-corrected chi connectivity index (χ2v) is 9.39. The van der Waals surface area contributed by atoms with Crippen LogP contribution in [0.25, 0.3) is 0 Å². The SMILES string of the molecule is CCCCCCCCCCCCCCCCCCC(C)[N+](O)(O)CC.O=S(=O)(O)O. The molecule has 0 rings (SSSR count). The fraction of sp³-hybridized carbons (Fsp3) is 1.00. The van der Waals surface area contributed by atoms with E-state index in [-0.39, 0.29) is 6.04 Å². The second-order valence-electron chi connectivity index (χ2n) is 8.49. The van der Waals surface area contributed by atoms with Crippen molar-refractivity contribution in [3.8, 4) is 0 Å². The lowest BCUT2D eigenvalue weighted by Crippen LogP contribution is -2.48. The summed E-state index contributed by atoms with van der Waals surface area (Å²) in [6.45, 7) is 6.38. The van der Waals surface area contributed by atoms with Gasteiger partial charge in [-0.25, -0.2) is 0 Å². The van der Waals surface area contributed by atoms with Crippen molar-refractivity contribution in [1.82, 2.24) is 0 Å². The van der Waals surface area contributed by atoms with Gasteiger partial charge in [-0.2, -0.15) is 18.8 Å². The molecule has 0 aliphatic carbocycles. The third-order valence-corrected chi connectivity index (χ3v) is 5.65. The van der Waals surface area contributed by atoms with Crippen LogP contribution in [0.15, 0.2) is 0 Å². The van der Waals surface area contributed by atoms with E-state index in [1.165, 1.54) is 96.3 Å². The largest absolute Gasteiger partial charge is 0.394 e. The molecule has 0 heterocycles. The molecule has 1 atom stereocenters. The van der Waals surface area contributed by atoms with Crippen LogP contribution in [0, 0.1) is 0 Å². The molecule has 30 heavy (non-hydrogen) atoms. The van der Waals surface area contributed by atoms with Crippen molar-refractivity contribution in [3.05, 3.63) is 0 Å². The van der Waals surface area contributed by atoms with E-state index < -0.39 is 15.2 Å². The van der Waals surface area contributed by atoms with Gasteiger partial charge in [0.05, 0.1) is 0 Å². The lowest BCUT2D eigenvalue weighted by atomic mass is 10.0. The molecule has 4 N–H and O–H groups in total. The van der Waals surface area contributed by atoms with Gasteiger partial charge in [-0.3, -0.25) is 9.11 Å². The molecule has 8 heteroatoms. The highest BCUT2D eigenvalue weighted by Gasteiger charge is 2.28. The summed E-state index contributed by atoms with van der Waals surface area (Å²) in [5.74, 6) is 0. The topological polar surface area (TPSA) is 115 Å². The Bertz CT molecular complexity index is 449. The normalized spacial score (nSPS) is 13.0. The van der Waals surface area contributed by atoms with Crippen molar-refractivity contribution in [2.45, 2.75) is 136 Å². The second kappa shape index (κ2) is 20.6. The zero-order chi connectivity index (χ0) is 23.3. The van der Waals surface area contributed by atoms with Crippen molar-refractivity contribution < 1.29 is 32.7 Å². The lowest BCUT2D eigenvalue weighted by molar-refractivity contribution is -1.26. The lowest BCUT2D eigenvalue weighted by Gasteiger charge is -2.26. The fourth-order valence-electron chi connectivity index (χ4n) is 3.51. The Kier molecular flexibility index (Phi) is 22.0. The van der Waals surface area contributed by atoms with Crippen LogP contribution < -0.4 is 0 Å². The van der Waals surface area contributed by atoms with Crippen LogP contribution in [0.3, 0.4) is 0 Å². The highest BCUT2D eigenvalue weighted by atomic mass is 32.3. The first-order valence-electron chi connectivity index (χ1n) is 12.1. The summed E-state index contributed by atoms with van der Waals surface area (Å²) in [6, 6.07) is -0.0726. The minimum atomic E-state index is -4.67. The van der Waals surface area contributed by atoms with Gasteiger partial charge in [-0.05, 0) is 25.1 Å². The number of hydroxylamine groups is 4. The predicted octanol–water partition coefficient (Wildman–Crippen LogP) is 6.99. The van der Waals surface area contributed by atoms with Crippen LogP contribution in [-0.4, -0.2) is 45.3 Å². The van der Waals surface area contributed by atoms with Crippen molar-refractivity contribution in [2.24, 2.45) is 0 Å². The average Bonchev–Trinajstić information content (AvgIpc) is 2.66. The first-order chi connectivity index (χ1) is 14.0. The molecule has 0 aromatic heterocycles. The van der Waals surface area contributed by atoms with Gasteiger partial charge < -0.3 is 0 Å². The summed E-state index contributed by atoms with van der Waals surface area (Å²) in [6.07, 6.45) is 22.9. The summed E-state index contributed by atoms with van der Waals surface area (Å²) in [5, 5.41) is 19.4. The molecule has 7 nitrogen and oxygen atoms in total. The van der Waals surface area contributed by atoms with E-state index in [9.17, 15) is 10.4 Å². The molecular weight excluding hydrogens is 406 g/mol. The van der Waals surface area contributed by atoms with E-state index in [0.717, 1.165) is 12.8 Å². The zero-order valence-corrected chi connectivity index (χ0v) is 20.6. The van der Waals surface area contributed by atoms with Crippen LogP contribution in [0.1, 0.15) is 130 Å². The highest BCUT2D eigenvalue weighted by molar-refractivity contribution is 7.79. The van der Waals surface area contributed by atoms with E-state index in [1.807, 2.05) is 13.8 Å². The number of unbranched alkanes of at least 4 members (excludes halogenated alkanes) is 15. The standard InChI is InChI=1S/C22H48NO2.H2O4S/c1-4-6-7-8-9-10-11-12-13-14-15-16-17-18-19-20-21-22(3)23(24,25)5-2;1-5(2,3)4/h22,24-25H,4-21H2,1-3H3;(H2,1,2,3,4)/q+1;. The van der Waals surface area contributed by atoms with Crippen molar-refractivity contribution >= 4 is 10.4 Å². The van der Waals surface area contributed by atoms with Gasteiger partial charge in [0.25, 0.3) is 0 Å². The number of hydrogen-bond donors (Lipinski definition) is 4. The summed E-state index contributed by atoms with van der Waals surface area (Å²) in [7, 11) is -4.67. The molecule has 0 bridgehead atoms. The van der Waals surface area contributed by atoms with E-state index in [0.29, 0.717) is 6.54 Å². The third kappa shape index (κ3) is 27.8.